The molecule has 2 rings (SSSR count). The van der Waals surface area contributed by atoms with Gasteiger partial charge in [0, 0.05) is 38.3 Å². The minimum atomic E-state index is 0.747. The third-order valence-electron chi connectivity index (χ3n) is 3.76. The molecule has 0 N–H and O–H groups in total. The van der Waals surface area contributed by atoms with Crippen molar-refractivity contribution in [1.29, 1.82) is 0 Å². The van der Waals surface area contributed by atoms with Crippen LogP contribution in [0.5, 0.6) is 0 Å². The second kappa shape index (κ2) is 7.79. The Balaban J connectivity index is 1.97. The summed E-state index contributed by atoms with van der Waals surface area (Å²) in [6, 6.07) is 12.9. The normalized spacial score (nSPS) is 11.3. The van der Waals surface area contributed by atoms with E-state index in [1.54, 1.807) is 0 Å². The lowest BCUT2D eigenvalue weighted by Gasteiger charge is -2.11. The zero-order valence-corrected chi connectivity index (χ0v) is 14.2. The Hall–Kier alpha value is -2.09. The van der Waals surface area contributed by atoms with Gasteiger partial charge in [-0.1, -0.05) is 38.1 Å². The first-order valence-electron chi connectivity index (χ1n) is 7.99. The van der Waals surface area contributed by atoms with E-state index < -0.39 is 0 Å². The van der Waals surface area contributed by atoms with Gasteiger partial charge >= 0.3 is 0 Å². The summed E-state index contributed by atoms with van der Waals surface area (Å²) in [4.78, 5) is 2.11. The fraction of sp³-hybridized carbons (Fsp3) is 0.350. The zero-order chi connectivity index (χ0) is 15.9. The molecule has 0 unspecified atom stereocenters. The minimum absolute atomic E-state index is 0.747. The van der Waals surface area contributed by atoms with Crippen LogP contribution in [0.2, 0.25) is 0 Å². The van der Waals surface area contributed by atoms with E-state index in [0.29, 0.717) is 0 Å². The fourth-order valence-electron chi connectivity index (χ4n) is 2.21. The highest BCUT2D eigenvalue weighted by atomic mass is 15.1. The predicted octanol–water partition coefficient (Wildman–Crippen LogP) is 4.26. The zero-order valence-electron chi connectivity index (χ0n) is 14.2. The lowest BCUT2D eigenvalue weighted by Crippen LogP contribution is -2.33. The van der Waals surface area contributed by atoms with E-state index in [1.807, 2.05) is 0 Å². The molecule has 1 heterocycles. The van der Waals surface area contributed by atoms with Crippen LogP contribution in [0.15, 0.2) is 48.8 Å². The van der Waals surface area contributed by atoms with Crippen LogP contribution in [-0.2, 0) is 6.54 Å². The number of aromatic nitrogens is 1. The molecule has 22 heavy (non-hydrogen) atoms. The highest BCUT2D eigenvalue weighted by Gasteiger charge is 2.02. The van der Waals surface area contributed by atoms with E-state index >= 15 is 0 Å². The lowest BCUT2D eigenvalue weighted by molar-refractivity contribution is -0.698. The summed E-state index contributed by atoms with van der Waals surface area (Å²) < 4.78 is 2.25. The van der Waals surface area contributed by atoms with E-state index in [-0.39, 0.29) is 0 Å². The fourth-order valence-corrected chi connectivity index (χ4v) is 2.21. The molecule has 2 aromatic rings. The highest BCUT2D eigenvalue weighted by molar-refractivity contribution is 5.70. The number of benzene rings is 1. The van der Waals surface area contributed by atoms with Crippen LogP contribution in [0, 0.1) is 5.92 Å². The van der Waals surface area contributed by atoms with Crippen LogP contribution < -0.4 is 9.47 Å². The molecular formula is C20H27N2+. The van der Waals surface area contributed by atoms with Gasteiger partial charge < -0.3 is 4.90 Å². The maximum atomic E-state index is 2.26. The van der Waals surface area contributed by atoms with Crippen LogP contribution >= 0.6 is 0 Å². The Labute approximate surface area is 134 Å². The molecule has 2 heteroatoms. The third-order valence-corrected chi connectivity index (χ3v) is 3.76. The number of hydrogen-bond acceptors (Lipinski definition) is 1. The van der Waals surface area contributed by atoms with E-state index in [2.05, 4.69) is 98.4 Å². The van der Waals surface area contributed by atoms with Gasteiger partial charge in [-0.05, 0) is 29.2 Å². The Morgan fingerprint density at radius 3 is 1.95 bits per heavy atom. The van der Waals surface area contributed by atoms with Crippen molar-refractivity contribution in [2.45, 2.75) is 26.8 Å². The number of pyridine rings is 1. The first-order valence-corrected chi connectivity index (χ1v) is 7.99. The number of aryl methyl sites for hydroxylation is 1. The monoisotopic (exact) mass is 295 g/mol. The molecule has 0 radical (unpaired) electrons. The molecule has 0 fully saturated rings. The molecular weight excluding hydrogens is 268 g/mol. The topological polar surface area (TPSA) is 7.12 Å². The molecule has 2 nitrogen and oxygen atoms in total. The molecule has 0 aliphatic heterocycles. The smallest absolute Gasteiger partial charge is 0.169 e. The van der Waals surface area contributed by atoms with Crippen molar-refractivity contribution in [3.8, 4) is 0 Å². The minimum Gasteiger partial charge on any atom is -0.378 e. The second-order valence-electron chi connectivity index (χ2n) is 6.37. The summed E-state index contributed by atoms with van der Waals surface area (Å²) in [5.41, 5.74) is 3.68. The molecule has 0 saturated heterocycles. The van der Waals surface area contributed by atoms with Crippen molar-refractivity contribution in [3.63, 3.8) is 0 Å². The summed E-state index contributed by atoms with van der Waals surface area (Å²) in [5, 5.41) is 0. The quantitative estimate of drug-likeness (QED) is 0.722. The van der Waals surface area contributed by atoms with Gasteiger partial charge in [0.05, 0.1) is 0 Å². The van der Waals surface area contributed by atoms with Crippen molar-refractivity contribution in [2.24, 2.45) is 5.92 Å². The van der Waals surface area contributed by atoms with Gasteiger partial charge in [-0.2, -0.15) is 0 Å². The SMILES string of the molecule is CC(C)CC[n+]1ccc(/C=C/c2ccc(N(C)C)cc2)cc1. The molecule has 0 amide bonds. The standard InChI is InChI=1S/C20H27N2/c1-17(2)11-14-22-15-12-19(13-16-22)6-5-18-7-9-20(10-8-18)21(3)4/h5-10,12-13,15-17H,11,14H2,1-4H3/q+1. The van der Waals surface area contributed by atoms with Crippen molar-refractivity contribution in [3.05, 3.63) is 59.9 Å². The summed E-state index contributed by atoms with van der Waals surface area (Å²) >= 11 is 0. The lowest BCUT2D eigenvalue weighted by atomic mass is 10.1. The second-order valence-corrected chi connectivity index (χ2v) is 6.37. The molecule has 116 valence electrons. The summed E-state index contributed by atoms with van der Waals surface area (Å²) in [6.45, 7) is 5.62. The Morgan fingerprint density at radius 2 is 1.45 bits per heavy atom. The van der Waals surface area contributed by atoms with Gasteiger partial charge in [0.2, 0.25) is 0 Å². The van der Waals surface area contributed by atoms with E-state index in [0.717, 1.165) is 12.5 Å². The number of hydrogen-bond donors (Lipinski definition) is 0. The number of rotatable bonds is 6. The Kier molecular flexibility index (Phi) is 5.76. The van der Waals surface area contributed by atoms with Crippen molar-refractivity contribution in [1.82, 2.24) is 0 Å². The van der Waals surface area contributed by atoms with Crippen LogP contribution in [0.3, 0.4) is 0 Å². The van der Waals surface area contributed by atoms with Crippen LogP contribution in [-0.4, -0.2) is 14.1 Å². The molecule has 0 spiro atoms. The molecule has 0 bridgehead atoms. The van der Waals surface area contributed by atoms with Gasteiger partial charge in [0.1, 0.15) is 6.54 Å². The Bertz CT molecular complexity index is 593. The predicted molar refractivity (Wildman–Crippen MR) is 95.8 cm³/mol. The molecule has 0 aliphatic rings. The summed E-state index contributed by atoms with van der Waals surface area (Å²) in [5.74, 6) is 0.747. The molecule has 1 aromatic heterocycles. The Morgan fingerprint density at radius 1 is 0.909 bits per heavy atom. The molecule has 0 saturated carbocycles. The van der Waals surface area contributed by atoms with Gasteiger partial charge in [-0.15, -0.1) is 0 Å². The van der Waals surface area contributed by atoms with Gasteiger partial charge in [0.15, 0.2) is 12.4 Å². The first kappa shape index (κ1) is 16.3. The maximum Gasteiger partial charge on any atom is 0.169 e. The maximum absolute atomic E-state index is 2.26. The first-order chi connectivity index (χ1) is 10.5. The van der Waals surface area contributed by atoms with E-state index in [1.165, 1.54) is 23.2 Å². The molecule has 0 atom stereocenters. The molecule has 0 aliphatic carbocycles. The van der Waals surface area contributed by atoms with Crippen LogP contribution in [0.1, 0.15) is 31.4 Å². The van der Waals surface area contributed by atoms with E-state index in [4.69, 9.17) is 0 Å². The average Bonchev–Trinajstić information content (AvgIpc) is 2.52. The van der Waals surface area contributed by atoms with Crippen molar-refractivity contribution >= 4 is 17.8 Å². The van der Waals surface area contributed by atoms with Crippen LogP contribution in [0.25, 0.3) is 12.2 Å². The van der Waals surface area contributed by atoms with Crippen LogP contribution in [0.4, 0.5) is 5.69 Å². The van der Waals surface area contributed by atoms with E-state index in [9.17, 15) is 0 Å². The molecule has 1 aromatic carbocycles. The van der Waals surface area contributed by atoms with Gasteiger partial charge in [-0.25, -0.2) is 4.57 Å². The summed E-state index contributed by atoms with van der Waals surface area (Å²) in [6.07, 6.45) is 9.87. The van der Waals surface area contributed by atoms with Crippen molar-refractivity contribution in [2.75, 3.05) is 19.0 Å². The highest BCUT2D eigenvalue weighted by Crippen LogP contribution is 2.14. The average molecular weight is 295 g/mol. The largest absolute Gasteiger partial charge is 0.378 e. The summed E-state index contributed by atoms with van der Waals surface area (Å²) in [7, 11) is 4.12. The van der Waals surface area contributed by atoms with Crippen molar-refractivity contribution < 1.29 is 4.57 Å². The van der Waals surface area contributed by atoms with Gasteiger partial charge in [0.25, 0.3) is 0 Å². The third kappa shape index (κ3) is 5.03. The van der Waals surface area contributed by atoms with Gasteiger partial charge in [-0.3, -0.25) is 0 Å². The number of anilines is 1. The number of nitrogens with zero attached hydrogens (tertiary/aromatic N) is 2.